The molecule has 2 aliphatic heterocycles. The van der Waals surface area contributed by atoms with E-state index in [1.54, 1.807) is 12.1 Å². The minimum atomic E-state index is -0.426. The molecule has 0 radical (unpaired) electrons. The third kappa shape index (κ3) is 7.12. The number of Topliss-reactive ketones (excluding diaryl/α,β-unsaturated/α-hetero) is 1. The molecule has 1 spiro atoms. The smallest absolute Gasteiger partial charge is 0.317 e. The number of hydrogen-bond acceptors (Lipinski definition) is 8. The van der Waals surface area contributed by atoms with Crippen LogP contribution in [-0.2, 0) is 13.2 Å². The SMILES string of the molecule is Nc1nc(N)c(C(=O)C/N=C2\NCC3(CCN(C(=O)NCc4cccc(COc5ccc(Cl)cc5)c4)CC3)N2)nc1Cl. The Kier molecular flexibility index (Phi) is 8.83. The number of rotatable bonds is 8. The van der Waals surface area contributed by atoms with Crippen LogP contribution in [0.3, 0.4) is 0 Å². The maximum Gasteiger partial charge on any atom is 0.317 e. The van der Waals surface area contributed by atoms with Gasteiger partial charge in [0.2, 0.25) is 5.78 Å². The number of piperidine rings is 1. The topological polar surface area (TPSA) is 173 Å². The van der Waals surface area contributed by atoms with Crippen molar-refractivity contribution >= 4 is 52.6 Å². The van der Waals surface area contributed by atoms with Gasteiger partial charge >= 0.3 is 6.03 Å². The molecule has 42 heavy (non-hydrogen) atoms. The highest BCUT2D eigenvalue weighted by Crippen LogP contribution is 2.25. The Morgan fingerprint density at radius 3 is 2.55 bits per heavy atom. The van der Waals surface area contributed by atoms with Gasteiger partial charge in [-0.15, -0.1) is 0 Å². The zero-order valence-electron chi connectivity index (χ0n) is 22.7. The number of ketones is 1. The molecule has 3 aromatic rings. The predicted molar refractivity (Wildman–Crippen MR) is 162 cm³/mol. The Balaban J connectivity index is 1.07. The lowest BCUT2D eigenvalue weighted by atomic mass is 9.89. The van der Waals surface area contributed by atoms with Crippen LogP contribution in [0.5, 0.6) is 5.75 Å². The molecular formula is C28H31Cl2N9O3. The first kappa shape index (κ1) is 29.2. The standard InChI is InChI=1S/C28H31Cl2N9O3/c29-19-4-6-20(7-5-19)42-15-18-3-1-2-17(12-18)13-34-27(41)39-10-8-28(9-11-39)16-35-26(38-28)33-14-21(40)22-24(31)37-25(32)23(30)36-22/h1-7,12H,8-11,13-16H2,(H,34,41)(H4,31,32,37)(H2,33,35,38). The molecule has 14 heteroatoms. The van der Waals surface area contributed by atoms with Gasteiger partial charge < -0.3 is 37.1 Å². The summed E-state index contributed by atoms with van der Waals surface area (Å²) in [5.74, 6) is 0.693. The number of nitrogen functional groups attached to an aromatic ring is 2. The average Bonchev–Trinajstić information content (AvgIpc) is 3.39. The van der Waals surface area contributed by atoms with Gasteiger partial charge in [0.05, 0.1) is 5.54 Å². The second-order valence-corrected chi connectivity index (χ2v) is 11.0. The molecule has 7 N–H and O–H groups in total. The summed E-state index contributed by atoms with van der Waals surface area (Å²) in [4.78, 5) is 39.4. The van der Waals surface area contributed by atoms with E-state index in [2.05, 4.69) is 30.9 Å². The van der Waals surface area contributed by atoms with Crippen molar-refractivity contribution in [2.24, 2.45) is 4.99 Å². The van der Waals surface area contributed by atoms with Crippen LogP contribution in [0, 0.1) is 0 Å². The van der Waals surface area contributed by atoms with Crippen molar-refractivity contribution in [3.05, 3.63) is 75.5 Å². The van der Waals surface area contributed by atoms with Crippen LogP contribution in [0.4, 0.5) is 16.4 Å². The molecule has 220 valence electrons. The van der Waals surface area contributed by atoms with Crippen LogP contribution in [-0.4, -0.2) is 64.4 Å². The number of nitrogens with one attached hydrogen (secondary N) is 3. The number of nitrogens with zero attached hydrogens (tertiary/aromatic N) is 4. The normalized spacial score (nSPS) is 16.6. The number of urea groups is 1. The summed E-state index contributed by atoms with van der Waals surface area (Å²) in [6.07, 6.45) is 1.45. The molecular weight excluding hydrogens is 581 g/mol. The molecule has 0 bridgehead atoms. The predicted octanol–water partition coefficient (Wildman–Crippen LogP) is 3.00. The fourth-order valence-corrected chi connectivity index (χ4v) is 5.07. The largest absolute Gasteiger partial charge is 0.489 e. The highest BCUT2D eigenvalue weighted by atomic mass is 35.5. The molecule has 0 aliphatic carbocycles. The van der Waals surface area contributed by atoms with Crippen LogP contribution in [0.25, 0.3) is 0 Å². The van der Waals surface area contributed by atoms with Crippen LogP contribution in [0.1, 0.15) is 34.5 Å². The number of hydrogen-bond donors (Lipinski definition) is 5. The fourth-order valence-electron chi connectivity index (χ4n) is 4.82. The first-order chi connectivity index (χ1) is 20.2. The van der Waals surface area contributed by atoms with Crippen LogP contribution in [0.2, 0.25) is 10.2 Å². The molecule has 2 amide bonds. The van der Waals surface area contributed by atoms with Crippen molar-refractivity contribution in [3.63, 3.8) is 0 Å². The molecule has 12 nitrogen and oxygen atoms in total. The van der Waals surface area contributed by atoms with Crippen molar-refractivity contribution in [1.82, 2.24) is 30.8 Å². The van der Waals surface area contributed by atoms with Crippen LogP contribution < -0.4 is 32.2 Å². The summed E-state index contributed by atoms with van der Waals surface area (Å²) in [7, 11) is 0. The second kappa shape index (κ2) is 12.7. The minimum Gasteiger partial charge on any atom is -0.489 e. The van der Waals surface area contributed by atoms with Gasteiger partial charge in [-0.1, -0.05) is 47.5 Å². The van der Waals surface area contributed by atoms with E-state index in [4.69, 9.17) is 39.4 Å². The highest BCUT2D eigenvalue weighted by Gasteiger charge is 2.40. The van der Waals surface area contributed by atoms with Crippen LogP contribution >= 0.6 is 23.2 Å². The lowest BCUT2D eigenvalue weighted by Crippen LogP contribution is -2.55. The van der Waals surface area contributed by atoms with Crippen molar-refractivity contribution < 1.29 is 14.3 Å². The minimum absolute atomic E-state index is 0.0383. The Morgan fingerprint density at radius 1 is 1.05 bits per heavy atom. The molecule has 2 saturated heterocycles. The van der Waals surface area contributed by atoms with Gasteiger partial charge in [0.25, 0.3) is 0 Å². The van der Waals surface area contributed by atoms with Gasteiger partial charge in [0.15, 0.2) is 28.4 Å². The van der Waals surface area contributed by atoms with E-state index in [1.165, 1.54) is 0 Å². The molecule has 1 aromatic heterocycles. The van der Waals surface area contributed by atoms with E-state index in [1.807, 2.05) is 41.3 Å². The summed E-state index contributed by atoms with van der Waals surface area (Å²) in [6.45, 7) is 2.43. The monoisotopic (exact) mass is 611 g/mol. The number of ether oxygens (including phenoxy) is 1. The summed E-state index contributed by atoms with van der Waals surface area (Å²) in [5, 5.41) is 10.2. The molecule has 2 aliphatic rings. The number of aliphatic imine (C=N–C) groups is 1. The Morgan fingerprint density at radius 2 is 1.79 bits per heavy atom. The van der Waals surface area contributed by atoms with E-state index in [0.29, 0.717) is 43.8 Å². The van der Waals surface area contributed by atoms with E-state index < -0.39 is 5.78 Å². The number of carbonyl (C=O) groups excluding carboxylic acids is 2. The fraction of sp³-hybridized carbons (Fsp3) is 0.321. The summed E-state index contributed by atoms with van der Waals surface area (Å²) in [5.41, 5.74) is 13.0. The molecule has 0 unspecified atom stereocenters. The highest BCUT2D eigenvalue weighted by molar-refractivity contribution is 6.31. The van der Waals surface area contributed by atoms with Gasteiger partial charge in [-0.05, 0) is 48.2 Å². The number of carbonyl (C=O) groups is 2. The van der Waals surface area contributed by atoms with E-state index in [0.717, 1.165) is 29.7 Å². The maximum absolute atomic E-state index is 12.9. The Hall–Kier alpha value is -4.29. The summed E-state index contributed by atoms with van der Waals surface area (Å²) >= 11 is 11.8. The number of amides is 2. The third-order valence-corrected chi connectivity index (χ3v) is 7.72. The van der Waals surface area contributed by atoms with Crippen molar-refractivity contribution in [3.8, 4) is 5.75 Å². The summed E-state index contributed by atoms with van der Waals surface area (Å²) in [6, 6.07) is 15.0. The van der Waals surface area contributed by atoms with E-state index in [-0.39, 0.29) is 40.6 Å². The number of anilines is 2. The van der Waals surface area contributed by atoms with E-state index >= 15 is 0 Å². The van der Waals surface area contributed by atoms with E-state index in [9.17, 15) is 9.59 Å². The third-order valence-electron chi connectivity index (χ3n) is 7.19. The molecule has 0 atom stereocenters. The van der Waals surface area contributed by atoms with Gasteiger partial charge in [-0.3, -0.25) is 4.79 Å². The average molecular weight is 613 g/mol. The number of nitrogens with two attached hydrogens (primary N) is 2. The lowest BCUT2D eigenvalue weighted by molar-refractivity contribution is 0.0997. The molecule has 2 aromatic carbocycles. The van der Waals surface area contributed by atoms with Gasteiger partial charge in [0, 0.05) is 31.2 Å². The zero-order chi connectivity index (χ0) is 29.7. The Bertz CT molecular complexity index is 1490. The van der Waals surface area contributed by atoms with Crippen molar-refractivity contribution in [1.29, 1.82) is 0 Å². The summed E-state index contributed by atoms with van der Waals surface area (Å²) < 4.78 is 5.83. The number of aromatic nitrogens is 2. The maximum atomic E-state index is 12.9. The lowest BCUT2D eigenvalue weighted by Gasteiger charge is -2.38. The van der Waals surface area contributed by atoms with Crippen molar-refractivity contribution in [2.45, 2.75) is 31.5 Å². The van der Waals surface area contributed by atoms with Gasteiger partial charge in [-0.2, -0.15) is 0 Å². The Labute approximate surface area is 252 Å². The van der Waals surface area contributed by atoms with Crippen molar-refractivity contribution in [2.75, 3.05) is 37.6 Å². The number of benzene rings is 2. The second-order valence-electron chi connectivity index (χ2n) is 10.2. The molecule has 2 fully saturated rings. The quantitative estimate of drug-likeness (QED) is 0.240. The first-order valence-corrected chi connectivity index (χ1v) is 14.1. The number of halogens is 2. The first-order valence-electron chi connectivity index (χ1n) is 13.4. The van der Waals surface area contributed by atoms with Crippen LogP contribution in [0.15, 0.2) is 53.5 Å². The zero-order valence-corrected chi connectivity index (χ0v) is 24.2. The molecule has 0 saturated carbocycles. The van der Waals surface area contributed by atoms with Gasteiger partial charge in [0.1, 0.15) is 18.9 Å². The number of guanidine groups is 1. The van der Waals surface area contributed by atoms with Gasteiger partial charge in [-0.25, -0.2) is 19.8 Å². The molecule has 3 heterocycles. The molecule has 5 rings (SSSR count). The number of likely N-dealkylation sites (tertiary alicyclic amines) is 1.